The van der Waals surface area contributed by atoms with Crippen molar-refractivity contribution in [2.45, 2.75) is 38.8 Å². The Morgan fingerprint density at radius 1 is 1.78 bits per heavy atom. The zero-order valence-electron chi connectivity index (χ0n) is 6.18. The van der Waals surface area contributed by atoms with Gasteiger partial charge in [-0.25, -0.2) is 0 Å². The maximum atomic E-state index is 8.52. The average Bonchev–Trinajstić information content (AvgIpc) is 2.38. The van der Waals surface area contributed by atoms with Crippen molar-refractivity contribution in [3.05, 3.63) is 0 Å². The molecule has 1 fully saturated rings. The van der Waals surface area contributed by atoms with E-state index in [2.05, 4.69) is 27.0 Å². The summed E-state index contributed by atoms with van der Waals surface area (Å²) in [5.74, 6) is 0. The first-order valence-corrected chi connectivity index (χ1v) is 3.36. The number of nitrogens with zero attached hydrogens (tertiary/aromatic N) is 2. The van der Waals surface area contributed by atoms with E-state index in [1.807, 2.05) is 4.90 Å². The highest BCUT2D eigenvalue weighted by molar-refractivity contribution is 5.16. The minimum absolute atomic E-state index is 0.189. The minimum Gasteiger partial charge on any atom is -0.298 e. The van der Waals surface area contributed by atoms with Crippen molar-refractivity contribution >= 4 is 0 Å². The van der Waals surface area contributed by atoms with Gasteiger partial charge in [-0.1, -0.05) is 6.92 Å². The zero-order chi connectivity index (χ0) is 7.07. The van der Waals surface area contributed by atoms with E-state index in [-0.39, 0.29) is 5.54 Å². The first-order valence-electron chi connectivity index (χ1n) is 3.36. The number of hydrogen-bond acceptors (Lipinski definition) is 2. The van der Waals surface area contributed by atoms with Crippen LogP contribution in [0.5, 0.6) is 0 Å². The number of nitriles is 1. The third kappa shape index (κ3) is 0.610. The van der Waals surface area contributed by atoms with Gasteiger partial charge in [-0.3, -0.25) is 4.90 Å². The van der Waals surface area contributed by atoms with Crippen LogP contribution in [-0.4, -0.2) is 16.5 Å². The topological polar surface area (TPSA) is 26.8 Å². The summed E-state index contributed by atoms with van der Waals surface area (Å²) in [5, 5.41) is 8.52. The molecule has 50 valence electrons. The van der Waals surface area contributed by atoms with Gasteiger partial charge in [0.1, 0.15) is 0 Å². The van der Waals surface area contributed by atoms with Crippen LogP contribution in [0.4, 0.5) is 0 Å². The molecule has 1 saturated heterocycles. The van der Waals surface area contributed by atoms with Crippen LogP contribution in [0.2, 0.25) is 0 Å². The molecule has 1 aliphatic rings. The molecule has 0 aromatic heterocycles. The van der Waals surface area contributed by atoms with E-state index in [4.69, 9.17) is 5.26 Å². The van der Waals surface area contributed by atoms with E-state index in [1.54, 1.807) is 0 Å². The molecule has 0 bridgehead atoms. The summed E-state index contributed by atoms with van der Waals surface area (Å²) in [7, 11) is 0. The molecule has 9 heavy (non-hydrogen) atoms. The maximum Gasteiger partial charge on any atom is 0.180 e. The fourth-order valence-electron chi connectivity index (χ4n) is 1.28. The van der Waals surface area contributed by atoms with Crippen molar-refractivity contribution in [3.8, 4) is 6.19 Å². The normalized spacial score (nSPS) is 40.2. The lowest BCUT2D eigenvalue weighted by molar-refractivity contribution is 0.530. The Balaban J connectivity index is 2.61. The van der Waals surface area contributed by atoms with Gasteiger partial charge in [-0.05, 0) is 20.3 Å². The lowest BCUT2D eigenvalue weighted by atomic mass is 10.1. The summed E-state index contributed by atoms with van der Waals surface area (Å²) in [4.78, 5) is 1.84. The summed E-state index contributed by atoms with van der Waals surface area (Å²) >= 11 is 0. The molecule has 1 rings (SSSR count). The first kappa shape index (κ1) is 6.41. The molecule has 2 atom stereocenters. The quantitative estimate of drug-likeness (QED) is 0.389. The lowest BCUT2D eigenvalue weighted by Gasteiger charge is -2.00. The van der Waals surface area contributed by atoms with Gasteiger partial charge in [0.05, 0.1) is 11.6 Å². The summed E-state index contributed by atoms with van der Waals surface area (Å²) in [6, 6.07) is 0.465. The van der Waals surface area contributed by atoms with Gasteiger partial charge in [0.25, 0.3) is 0 Å². The Labute approximate surface area is 56.1 Å². The highest BCUT2D eigenvalue weighted by atomic mass is 15.4. The predicted octanol–water partition coefficient (Wildman–Crippen LogP) is 1.34. The molecule has 0 aromatic rings. The fraction of sp³-hybridized carbons (Fsp3) is 0.857. The van der Waals surface area contributed by atoms with Crippen molar-refractivity contribution in [3.63, 3.8) is 0 Å². The van der Waals surface area contributed by atoms with Crippen LogP contribution < -0.4 is 0 Å². The van der Waals surface area contributed by atoms with Gasteiger partial charge in [-0.2, -0.15) is 5.26 Å². The Morgan fingerprint density at radius 3 is 2.44 bits per heavy atom. The molecule has 0 unspecified atom stereocenters. The smallest absolute Gasteiger partial charge is 0.180 e. The minimum atomic E-state index is 0.189. The van der Waals surface area contributed by atoms with Crippen molar-refractivity contribution in [2.75, 3.05) is 0 Å². The van der Waals surface area contributed by atoms with E-state index >= 15 is 0 Å². The molecule has 0 saturated carbocycles. The van der Waals surface area contributed by atoms with Crippen LogP contribution >= 0.6 is 0 Å². The second-order valence-electron chi connectivity index (χ2n) is 2.86. The Kier molecular flexibility index (Phi) is 1.16. The average molecular weight is 124 g/mol. The molecule has 0 aliphatic carbocycles. The summed E-state index contributed by atoms with van der Waals surface area (Å²) in [5.41, 5.74) is 0.189. The molecule has 0 radical (unpaired) electrons. The number of hydrogen-bond donors (Lipinski definition) is 0. The third-order valence-corrected chi connectivity index (χ3v) is 2.59. The number of rotatable bonds is 1. The van der Waals surface area contributed by atoms with E-state index in [0.717, 1.165) is 6.42 Å². The molecule has 0 amide bonds. The van der Waals surface area contributed by atoms with Crippen LogP contribution in [0, 0.1) is 11.5 Å². The SMILES string of the molecule is CC[C@]1(C)[C@H](C)N1C#N. The molecular formula is C7H12N2. The van der Waals surface area contributed by atoms with Crippen LogP contribution in [-0.2, 0) is 0 Å². The predicted molar refractivity (Wildman–Crippen MR) is 35.6 cm³/mol. The molecule has 1 heterocycles. The first-order chi connectivity index (χ1) is 4.16. The largest absolute Gasteiger partial charge is 0.298 e. The highest BCUT2D eigenvalue weighted by Gasteiger charge is 2.54. The zero-order valence-corrected chi connectivity index (χ0v) is 6.18. The lowest BCUT2D eigenvalue weighted by Crippen LogP contribution is -2.08. The Hall–Kier alpha value is -0.710. The summed E-state index contributed by atoms with van der Waals surface area (Å²) in [6.45, 7) is 6.33. The van der Waals surface area contributed by atoms with Gasteiger partial charge in [0.15, 0.2) is 6.19 Å². The van der Waals surface area contributed by atoms with Crippen LogP contribution in [0.25, 0.3) is 0 Å². The fourth-order valence-corrected chi connectivity index (χ4v) is 1.28. The standard InChI is InChI=1S/C7H12N2/c1-4-7(3)6(2)9(7)5-8/h6H,4H2,1-3H3/t6-,7+,9?/m0/s1. The molecule has 2 heteroatoms. The van der Waals surface area contributed by atoms with Crippen LogP contribution in [0.1, 0.15) is 27.2 Å². The molecule has 0 aromatic carbocycles. The Morgan fingerprint density at radius 2 is 2.33 bits per heavy atom. The van der Waals surface area contributed by atoms with Crippen molar-refractivity contribution < 1.29 is 0 Å². The van der Waals surface area contributed by atoms with Crippen LogP contribution in [0.15, 0.2) is 0 Å². The second kappa shape index (κ2) is 1.63. The van der Waals surface area contributed by atoms with E-state index in [1.165, 1.54) is 0 Å². The van der Waals surface area contributed by atoms with Crippen molar-refractivity contribution in [2.24, 2.45) is 0 Å². The van der Waals surface area contributed by atoms with Gasteiger partial charge < -0.3 is 0 Å². The Bertz CT molecular complexity index is 159. The van der Waals surface area contributed by atoms with Gasteiger partial charge in [0, 0.05) is 0 Å². The maximum absolute atomic E-state index is 8.52. The monoisotopic (exact) mass is 124 g/mol. The van der Waals surface area contributed by atoms with Crippen molar-refractivity contribution in [1.29, 1.82) is 5.26 Å². The molecule has 2 nitrogen and oxygen atoms in total. The third-order valence-electron chi connectivity index (χ3n) is 2.59. The summed E-state index contributed by atoms with van der Waals surface area (Å²) in [6.07, 6.45) is 3.23. The van der Waals surface area contributed by atoms with Gasteiger partial charge in [-0.15, -0.1) is 0 Å². The highest BCUT2D eigenvalue weighted by Crippen LogP contribution is 2.41. The van der Waals surface area contributed by atoms with Gasteiger partial charge >= 0.3 is 0 Å². The van der Waals surface area contributed by atoms with E-state index in [9.17, 15) is 0 Å². The van der Waals surface area contributed by atoms with Crippen LogP contribution in [0.3, 0.4) is 0 Å². The van der Waals surface area contributed by atoms with E-state index in [0.29, 0.717) is 6.04 Å². The van der Waals surface area contributed by atoms with E-state index < -0.39 is 0 Å². The molecule has 1 aliphatic heterocycles. The molecule has 0 N–H and O–H groups in total. The summed E-state index contributed by atoms with van der Waals surface area (Å²) < 4.78 is 0. The molecular weight excluding hydrogens is 112 g/mol. The van der Waals surface area contributed by atoms with Gasteiger partial charge in [0.2, 0.25) is 0 Å². The molecule has 0 spiro atoms. The van der Waals surface area contributed by atoms with Crippen molar-refractivity contribution in [1.82, 2.24) is 4.90 Å². The second-order valence-corrected chi connectivity index (χ2v) is 2.86.